The number of hydrogen-bond donors (Lipinski definition) is 0. The predicted molar refractivity (Wildman–Crippen MR) is 74.0 cm³/mol. The summed E-state index contributed by atoms with van der Waals surface area (Å²) < 4.78 is 0. The fourth-order valence-corrected chi connectivity index (χ4v) is 2.81. The van der Waals surface area contributed by atoms with Crippen molar-refractivity contribution in [2.45, 2.75) is 32.1 Å². The van der Waals surface area contributed by atoms with E-state index in [4.69, 9.17) is 23.2 Å². The van der Waals surface area contributed by atoms with E-state index in [1.54, 1.807) is 6.20 Å². The van der Waals surface area contributed by atoms with Crippen LogP contribution in [0.15, 0.2) is 12.3 Å². The summed E-state index contributed by atoms with van der Waals surface area (Å²) >= 11 is 11.9. The molecule has 1 aliphatic rings. The Morgan fingerprint density at radius 1 is 1.53 bits per heavy atom. The molecule has 1 aromatic rings. The van der Waals surface area contributed by atoms with Gasteiger partial charge in [-0.05, 0) is 30.4 Å². The van der Waals surface area contributed by atoms with Crippen LogP contribution in [0, 0.1) is 5.92 Å². The Hall–Kier alpha value is -0.470. The molecule has 1 unspecified atom stereocenters. The summed E-state index contributed by atoms with van der Waals surface area (Å²) in [5.41, 5.74) is 0.969. The van der Waals surface area contributed by atoms with Crippen LogP contribution in [0.1, 0.15) is 31.7 Å². The molecule has 1 atom stereocenters. The zero-order valence-electron chi connectivity index (χ0n) is 10.1. The molecule has 1 fully saturated rings. The molecule has 0 spiro atoms. The van der Waals surface area contributed by atoms with Gasteiger partial charge in [0.15, 0.2) is 0 Å². The zero-order valence-corrected chi connectivity index (χ0v) is 11.6. The van der Waals surface area contributed by atoms with Gasteiger partial charge in [-0.2, -0.15) is 0 Å². The number of alkyl halides is 1. The van der Waals surface area contributed by atoms with Crippen molar-refractivity contribution in [1.82, 2.24) is 4.98 Å². The SMILES string of the molecule is CCC1CCCN(c2cc(CCl)c(Cl)cn2)C1. The maximum Gasteiger partial charge on any atom is 0.128 e. The number of halogens is 2. The Labute approximate surface area is 113 Å². The fraction of sp³-hybridized carbons (Fsp3) is 0.615. The highest BCUT2D eigenvalue weighted by molar-refractivity contribution is 6.32. The van der Waals surface area contributed by atoms with Gasteiger partial charge >= 0.3 is 0 Å². The van der Waals surface area contributed by atoms with Crippen LogP contribution in [-0.2, 0) is 5.88 Å². The third-order valence-electron chi connectivity index (χ3n) is 3.48. The van der Waals surface area contributed by atoms with E-state index in [-0.39, 0.29) is 0 Å². The second-order valence-electron chi connectivity index (χ2n) is 4.63. The van der Waals surface area contributed by atoms with E-state index in [1.807, 2.05) is 6.07 Å². The minimum Gasteiger partial charge on any atom is -0.356 e. The van der Waals surface area contributed by atoms with Gasteiger partial charge < -0.3 is 4.90 Å². The van der Waals surface area contributed by atoms with Crippen molar-refractivity contribution < 1.29 is 0 Å². The van der Waals surface area contributed by atoms with Gasteiger partial charge in [-0.15, -0.1) is 11.6 Å². The summed E-state index contributed by atoms with van der Waals surface area (Å²) in [7, 11) is 0. The largest absolute Gasteiger partial charge is 0.356 e. The first kappa shape index (κ1) is 13.0. The highest BCUT2D eigenvalue weighted by Gasteiger charge is 2.19. The number of nitrogens with zero attached hydrogens (tertiary/aromatic N) is 2. The second-order valence-corrected chi connectivity index (χ2v) is 5.30. The number of rotatable bonds is 3. The summed E-state index contributed by atoms with van der Waals surface area (Å²) in [5.74, 6) is 2.25. The van der Waals surface area contributed by atoms with Gasteiger partial charge in [-0.25, -0.2) is 4.98 Å². The van der Waals surface area contributed by atoms with Gasteiger partial charge in [0.25, 0.3) is 0 Å². The van der Waals surface area contributed by atoms with Gasteiger partial charge in [-0.3, -0.25) is 0 Å². The molecule has 0 aliphatic carbocycles. The molecule has 1 aromatic heterocycles. The smallest absolute Gasteiger partial charge is 0.128 e. The Balaban J connectivity index is 2.16. The van der Waals surface area contributed by atoms with Crippen molar-refractivity contribution in [3.05, 3.63) is 22.8 Å². The second kappa shape index (κ2) is 5.92. The van der Waals surface area contributed by atoms with Crippen molar-refractivity contribution >= 4 is 29.0 Å². The van der Waals surface area contributed by atoms with Gasteiger partial charge in [0.05, 0.1) is 5.02 Å². The van der Waals surface area contributed by atoms with E-state index in [0.717, 1.165) is 30.4 Å². The molecule has 0 amide bonds. The quantitative estimate of drug-likeness (QED) is 0.771. The first-order valence-corrected chi connectivity index (χ1v) is 7.11. The molecule has 17 heavy (non-hydrogen) atoms. The number of pyridine rings is 1. The van der Waals surface area contributed by atoms with Crippen molar-refractivity contribution in [2.75, 3.05) is 18.0 Å². The lowest BCUT2D eigenvalue weighted by molar-refractivity contribution is 0.403. The maximum absolute atomic E-state index is 6.03. The summed E-state index contributed by atoms with van der Waals surface area (Å²) in [6.45, 7) is 4.45. The highest BCUT2D eigenvalue weighted by atomic mass is 35.5. The van der Waals surface area contributed by atoms with Crippen LogP contribution in [0.2, 0.25) is 5.02 Å². The van der Waals surface area contributed by atoms with Gasteiger partial charge in [-0.1, -0.05) is 24.9 Å². The normalized spacial score (nSPS) is 20.6. The molecule has 0 radical (unpaired) electrons. The Morgan fingerprint density at radius 3 is 3.06 bits per heavy atom. The van der Waals surface area contributed by atoms with Crippen molar-refractivity contribution in [2.24, 2.45) is 5.92 Å². The molecule has 2 rings (SSSR count). The first-order chi connectivity index (χ1) is 8.24. The molecule has 0 bridgehead atoms. The third kappa shape index (κ3) is 3.05. The summed E-state index contributed by atoms with van der Waals surface area (Å²) in [6, 6.07) is 2.02. The molecule has 0 N–H and O–H groups in total. The molecule has 1 aliphatic heterocycles. The monoisotopic (exact) mass is 272 g/mol. The zero-order chi connectivity index (χ0) is 12.3. The lowest BCUT2D eigenvalue weighted by Crippen LogP contribution is -2.35. The summed E-state index contributed by atoms with van der Waals surface area (Å²) in [4.78, 5) is 6.77. The van der Waals surface area contributed by atoms with E-state index in [2.05, 4.69) is 16.8 Å². The molecule has 2 heterocycles. The summed E-state index contributed by atoms with van der Waals surface area (Å²) in [6.07, 6.45) is 5.54. The molecule has 0 saturated carbocycles. The van der Waals surface area contributed by atoms with E-state index in [9.17, 15) is 0 Å². The standard InChI is InChI=1S/C13H18Cl2N2/c1-2-10-4-3-5-17(9-10)13-6-11(7-14)12(15)8-16-13/h6,8,10H,2-5,7,9H2,1H3. The number of hydrogen-bond acceptors (Lipinski definition) is 2. The van der Waals surface area contributed by atoms with Crippen LogP contribution in [0.3, 0.4) is 0 Å². The average molecular weight is 273 g/mol. The van der Waals surface area contributed by atoms with E-state index in [1.165, 1.54) is 19.3 Å². The highest BCUT2D eigenvalue weighted by Crippen LogP contribution is 2.26. The van der Waals surface area contributed by atoms with E-state index in [0.29, 0.717) is 10.9 Å². The summed E-state index contributed by atoms with van der Waals surface area (Å²) in [5, 5.41) is 0.660. The van der Waals surface area contributed by atoms with E-state index < -0.39 is 0 Å². The fourth-order valence-electron chi connectivity index (χ4n) is 2.35. The minimum absolute atomic E-state index is 0.444. The molecule has 94 valence electrons. The molecular weight excluding hydrogens is 255 g/mol. The topological polar surface area (TPSA) is 16.1 Å². The van der Waals surface area contributed by atoms with Crippen LogP contribution < -0.4 is 4.90 Å². The van der Waals surface area contributed by atoms with Crippen LogP contribution in [0.5, 0.6) is 0 Å². The maximum atomic E-state index is 6.03. The lowest BCUT2D eigenvalue weighted by atomic mass is 9.95. The van der Waals surface area contributed by atoms with Crippen molar-refractivity contribution in [3.63, 3.8) is 0 Å². The minimum atomic E-state index is 0.444. The third-order valence-corrected chi connectivity index (χ3v) is 4.11. The molecular formula is C13H18Cl2N2. The number of anilines is 1. The molecule has 2 nitrogen and oxygen atoms in total. The lowest BCUT2D eigenvalue weighted by Gasteiger charge is -2.33. The number of aromatic nitrogens is 1. The molecule has 4 heteroatoms. The average Bonchev–Trinajstić information content (AvgIpc) is 2.39. The molecule has 1 saturated heterocycles. The van der Waals surface area contributed by atoms with Crippen molar-refractivity contribution in [3.8, 4) is 0 Å². The Kier molecular flexibility index (Phi) is 4.52. The predicted octanol–water partition coefficient (Wildman–Crippen LogP) is 4.10. The van der Waals surface area contributed by atoms with Gasteiger partial charge in [0, 0.05) is 25.2 Å². The molecule has 0 aromatic carbocycles. The Morgan fingerprint density at radius 2 is 2.35 bits per heavy atom. The van der Waals surface area contributed by atoms with Crippen molar-refractivity contribution in [1.29, 1.82) is 0 Å². The van der Waals surface area contributed by atoms with E-state index >= 15 is 0 Å². The van der Waals surface area contributed by atoms with Crippen LogP contribution in [0.25, 0.3) is 0 Å². The Bertz CT molecular complexity index is 382. The van der Waals surface area contributed by atoms with Crippen LogP contribution >= 0.6 is 23.2 Å². The van der Waals surface area contributed by atoms with Crippen LogP contribution in [0.4, 0.5) is 5.82 Å². The van der Waals surface area contributed by atoms with Crippen LogP contribution in [-0.4, -0.2) is 18.1 Å². The number of piperidine rings is 1. The van der Waals surface area contributed by atoms with Gasteiger partial charge in [0.1, 0.15) is 5.82 Å². The van der Waals surface area contributed by atoms with Gasteiger partial charge in [0.2, 0.25) is 0 Å². The first-order valence-electron chi connectivity index (χ1n) is 6.20.